The van der Waals surface area contributed by atoms with E-state index in [2.05, 4.69) is 22.2 Å². The number of likely N-dealkylation sites (tertiary alicyclic amines) is 1. The van der Waals surface area contributed by atoms with E-state index in [0.29, 0.717) is 18.6 Å². The zero-order valence-corrected chi connectivity index (χ0v) is 8.95. The molecule has 4 heteroatoms. The van der Waals surface area contributed by atoms with Crippen molar-refractivity contribution in [3.05, 3.63) is 0 Å². The molecule has 0 spiro atoms. The van der Waals surface area contributed by atoms with Crippen molar-refractivity contribution in [2.45, 2.75) is 6.04 Å². The second-order valence-electron chi connectivity index (χ2n) is 4.52. The fourth-order valence-electron chi connectivity index (χ4n) is 2.67. The predicted molar refractivity (Wildman–Crippen MR) is 56.3 cm³/mol. The van der Waals surface area contributed by atoms with Crippen LogP contribution in [0.1, 0.15) is 0 Å². The van der Waals surface area contributed by atoms with Gasteiger partial charge in [0.1, 0.15) is 0 Å². The summed E-state index contributed by atoms with van der Waals surface area (Å²) in [7, 11) is 2.14. The normalized spacial score (nSPS) is 36.4. The third-order valence-electron chi connectivity index (χ3n) is 3.44. The van der Waals surface area contributed by atoms with Gasteiger partial charge in [0, 0.05) is 57.8 Å². The Balaban J connectivity index is 1.94. The minimum absolute atomic E-state index is 0.332. The molecular formula is C10H21N3O. The Hall–Kier alpha value is -0.160. The average Bonchev–Trinajstić information content (AvgIpc) is 2.61. The van der Waals surface area contributed by atoms with E-state index in [9.17, 15) is 5.11 Å². The van der Waals surface area contributed by atoms with Crippen LogP contribution in [0.4, 0.5) is 0 Å². The largest absolute Gasteiger partial charge is 0.396 e. The van der Waals surface area contributed by atoms with Gasteiger partial charge in [-0.05, 0) is 7.05 Å². The number of hydrogen-bond donors (Lipinski definition) is 2. The molecule has 0 amide bonds. The summed E-state index contributed by atoms with van der Waals surface area (Å²) >= 11 is 0. The Labute approximate surface area is 85.9 Å². The molecule has 2 N–H and O–H groups in total. The molecule has 2 aliphatic rings. The van der Waals surface area contributed by atoms with Crippen LogP contribution in [0.3, 0.4) is 0 Å². The van der Waals surface area contributed by atoms with Gasteiger partial charge in [-0.25, -0.2) is 0 Å². The summed E-state index contributed by atoms with van der Waals surface area (Å²) in [4.78, 5) is 4.86. The van der Waals surface area contributed by atoms with E-state index in [-0.39, 0.29) is 0 Å². The van der Waals surface area contributed by atoms with Crippen LogP contribution in [0.2, 0.25) is 0 Å². The molecule has 0 aromatic heterocycles. The molecule has 2 atom stereocenters. The van der Waals surface area contributed by atoms with E-state index in [1.807, 2.05) is 0 Å². The quantitative estimate of drug-likeness (QED) is 0.587. The number of likely N-dealkylation sites (N-methyl/N-ethyl adjacent to an activating group) is 1. The number of rotatable bonds is 2. The highest BCUT2D eigenvalue weighted by atomic mass is 16.3. The molecule has 2 rings (SSSR count). The summed E-state index contributed by atoms with van der Waals surface area (Å²) in [5, 5.41) is 12.7. The van der Waals surface area contributed by atoms with Crippen molar-refractivity contribution < 1.29 is 5.11 Å². The zero-order valence-electron chi connectivity index (χ0n) is 8.95. The van der Waals surface area contributed by atoms with Crippen LogP contribution in [-0.2, 0) is 0 Å². The second kappa shape index (κ2) is 4.57. The molecule has 82 valence electrons. The summed E-state index contributed by atoms with van der Waals surface area (Å²) in [6, 6.07) is 0.576. The number of nitrogens with one attached hydrogen (secondary N) is 1. The summed E-state index contributed by atoms with van der Waals surface area (Å²) < 4.78 is 0. The first-order valence-electron chi connectivity index (χ1n) is 5.55. The molecular weight excluding hydrogens is 178 g/mol. The maximum Gasteiger partial charge on any atom is 0.0487 e. The zero-order chi connectivity index (χ0) is 9.97. The highest BCUT2D eigenvalue weighted by molar-refractivity contribution is 4.90. The molecule has 0 aliphatic carbocycles. The molecule has 2 aliphatic heterocycles. The van der Waals surface area contributed by atoms with Gasteiger partial charge in [-0.15, -0.1) is 0 Å². The maximum atomic E-state index is 9.32. The van der Waals surface area contributed by atoms with Crippen LogP contribution in [0.15, 0.2) is 0 Å². The molecule has 2 fully saturated rings. The van der Waals surface area contributed by atoms with E-state index in [1.165, 1.54) is 0 Å². The number of piperazine rings is 1. The predicted octanol–water partition coefficient (Wildman–Crippen LogP) is -1.19. The molecule has 14 heavy (non-hydrogen) atoms. The molecule has 4 nitrogen and oxygen atoms in total. The first-order valence-corrected chi connectivity index (χ1v) is 5.55. The number of hydrogen-bond acceptors (Lipinski definition) is 4. The van der Waals surface area contributed by atoms with Gasteiger partial charge >= 0.3 is 0 Å². The fraction of sp³-hybridized carbons (Fsp3) is 1.00. The first-order chi connectivity index (χ1) is 6.81. The second-order valence-corrected chi connectivity index (χ2v) is 4.52. The van der Waals surface area contributed by atoms with Gasteiger partial charge in [-0.2, -0.15) is 0 Å². The summed E-state index contributed by atoms with van der Waals surface area (Å²) in [6.07, 6.45) is 0. The maximum absolute atomic E-state index is 9.32. The monoisotopic (exact) mass is 199 g/mol. The van der Waals surface area contributed by atoms with Gasteiger partial charge < -0.3 is 15.3 Å². The third-order valence-corrected chi connectivity index (χ3v) is 3.44. The molecule has 2 unspecified atom stereocenters. The van der Waals surface area contributed by atoms with Crippen LogP contribution >= 0.6 is 0 Å². The van der Waals surface area contributed by atoms with Crippen molar-refractivity contribution in [1.82, 2.24) is 15.1 Å². The summed E-state index contributed by atoms with van der Waals surface area (Å²) in [6.45, 7) is 6.95. The Morgan fingerprint density at radius 3 is 2.64 bits per heavy atom. The molecule has 2 saturated heterocycles. The van der Waals surface area contributed by atoms with Crippen molar-refractivity contribution in [2.75, 3.05) is 52.9 Å². The smallest absolute Gasteiger partial charge is 0.0487 e. The molecule has 2 heterocycles. The van der Waals surface area contributed by atoms with Gasteiger partial charge in [0.2, 0.25) is 0 Å². The van der Waals surface area contributed by atoms with Crippen molar-refractivity contribution in [1.29, 1.82) is 0 Å². The number of aliphatic hydroxyl groups is 1. The van der Waals surface area contributed by atoms with Crippen LogP contribution in [0, 0.1) is 5.92 Å². The van der Waals surface area contributed by atoms with E-state index >= 15 is 0 Å². The molecule has 0 aromatic carbocycles. The Bertz CT molecular complexity index is 182. The molecule has 0 aromatic rings. The van der Waals surface area contributed by atoms with Crippen LogP contribution < -0.4 is 5.32 Å². The van der Waals surface area contributed by atoms with Gasteiger partial charge in [0.05, 0.1) is 0 Å². The van der Waals surface area contributed by atoms with Crippen LogP contribution in [-0.4, -0.2) is 73.9 Å². The minimum Gasteiger partial charge on any atom is -0.396 e. The SMILES string of the molecule is CN1CC(CO)C(N2CCNCC2)C1. The molecule has 0 saturated carbocycles. The fourth-order valence-corrected chi connectivity index (χ4v) is 2.67. The lowest BCUT2D eigenvalue weighted by atomic mass is 10.0. The van der Waals surface area contributed by atoms with Crippen molar-refractivity contribution >= 4 is 0 Å². The van der Waals surface area contributed by atoms with Crippen molar-refractivity contribution in [3.63, 3.8) is 0 Å². The van der Waals surface area contributed by atoms with E-state index < -0.39 is 0 Å². The Kier molecular flexibility index (Phi) is 3.38. The van der Waals surface area contributed by atoms with Gasteiger partial charge in [0.15, 0.2) is 0 Å². The van der Waals surface area contributed by atoms with Crippen LogP contribution in [0.25, 0.3) is 0 Å². The lowest BCUT2D eigenvalue weighted by Crippen LogP contribution is -2.51. The topological polar surface area (TPSA) is 38.7 Å². The molecule has 0 radical (unpaired) electrons. The van der Waals surface area contributed by atoms with Crippen molar-refractivity contribution in [2.24, 2.45) is 5.92 Å². The lowest BCUT2D eigenvalue weighted by Gasteiger charge is -2.35. The van der Waals surface area contributed by atoms with Gasteiger partial charge in [-0.1, -0.05) is 0 Å². The van der Waals surface area contributed by atoms with Crippen LogP contribution in [0.5, 0.6) is 0 Å². The highest BCUT2D eigenvalue weighted by Gasteiger charge is 2.34. The standard InChI is InChI=1S/C10H21N3O/c1-12-6-9(8-14)10(7-12)13-4-2-11-3-5-13/h9-11,14H,2-8H2,1H3. The third kappa shape index (κ3) is 2.08. The summed E-state index contributed by atoms with van der Waals surface area (Å²) in [5.74, 6) is 0.457. The molecule has 0 bridgehead atoms. The van der Waals surface area contributed by atoms with Gasteiger partial charge in [0.25, 0.3) is 0 Å². The Morgan fingerprint density at radius 1 is 1.29 bits per heavy atom. The van der Waals surface area contributed by atoms with Crippen molar-refractivity contribution in [3.8, 4) is 0 Å². The van der Waals surface area contributed by atoms with E-state index in [4.69, 9.17) is 0 Å². The van der Waals surface area contributed by atoms with E-state index in [0.717, 1.165) is 39.3 Å². The Morgan fingerprint density at radius 2 is 2.00 bits per heavy atom. The van der Waals surface area contributed by atoms with E-state index in [1.54, 1.807) is 0 Å². The summed E-state index contributed by atoms with van der Waals surface area (Å²) in [5.41, 5.74) is 0. The highest BCUT2D eigenvalue weighted by Crippen LogP contribution is 2.20. The number of aliphatic hydroxyl groups excluding tert-OH is 1. The lowest BCUT2D eigenvalue weighted by molar-refractivity contribution is 0.116. The average molecular weight is 199 g/mol. The first kappa shape index (κ1) is 10.4. The van der Waals surface area contributed by atoms with Gasteiger partial charge in [-0.3, -0.25) is 4.90 Å². The minimum atomic E-state index is 0.332. The number of nitrogens with zero attached hydrogens (tertiary/aromatic N) is 2.